The van der Waals surface area contributed by atoms with E-state index in [9.17, 15) is 13.6 Å². The zero-order valence-electron chi connectivity index (χ0n) is 15.1. The minimum absolute atomic E-state index is 0.0743. The molecular formula is C19H17F2N3O3S. The second-order valence-electron chi connectivity index (χ2n) is 5.86. The molecule has 0 aliphatic rings. The average molecular weight is 405 g/mol. The molecule has 1 N–H and O–H groups in total. The van der Waals surface area contributed by atoms with E-state index in [4.69, 9.17) is 9.15 Å². The predicted molar refractivity (Wildman–Crippen MR) is 100 cm³/mol. The monoisotopic (exact) mass is 405 g/mol. The summed E-state index contributed by atoms with van der Waals surface area (Å²) in [5.74, 6) is -1.05. The van der Waals surface area contributed by atoms with Crippen molar-refractivity contribution in [3.05, 3.63) is 66.1 Å². The van der Waals surface area contributed by atoms with Crippen molar-refractivity contribution in [1.82, 2.24) is 10.2 Å². The molecule has 2 aromatic carbocycles. The minimum Gasteiger partial charge on any atom is -0.478 e. The fourth-order valence-corrected chi connectivity index (χ4v) is 2.92. The lowest BCUT2D eigenvalue weighted by Gasteiger charge is -2.11. The van der Waals surface area contributed by atoms with Gasteiger partial charge in [-0.15, -0.1) is 10.2 Å². The molecule has 2 atom stereocenters. The van der Waals surface area contributed by atoms with Gasteiger partial charge in [0.15, 0.2) is 17.7 Å². The highest BCUT2D eigenvalue weighted by atomic mass is 32.2. The number of hydrogen-bond donors (Lipinski definition) is 1. The van der Waals surface area contributed by atoms with Gasteiger partial charge in [0.25, 0.3) is 11.1 Å². The molecule has 0 radical (unpaired) electrons. The summed E-state index contributed by atoms with van der Waals surface area (Å²) in [5, 5.41) is 9.97. The van der Waals surface area contributed by atoms with Crippen LogP contribution >= 0.6 is 11.8 Å². The van der Waals surface area contributed by atoms with Crippen LogP contribution in [0.25, 0.3) is 0 Å². The Balaban J connectivity index is 1.59. The number of carbonyl (C=O) groups is 1. The van der Waals surface area contributed by atoms with E-state index in [2.05, 4.69) is 15.5 Å². The van der Waals surface area contributed by atoms with Gasteiger partial charge >= 0.3 is 0 Å². The molecule has 3 aromatic rings. The van der Waals surface area contributed by atoms with E-state index in [1.54, 1.807) is 32.0 Å². The number of amides is 1. The number of thioether (sulfide) groups is 1. The largest absolute Gasteiger partial charge is 0.478 e. The van der Waals surface area contributed by atoms with Gasteiger partial charge in [0.1, 0.15) is 5.82 Å². The number of carbonyl (C=O) groups excluding carboxylic acids is 1. The first-order valence-electron chi connectivity index (χ1n) is 8.40. The number of anilines is 1. The molecule has 1 amide bonds. The van der Waals surface area contributed by atoms with Gasteiger partial charge in [-0.2, -0.15) is 0 Å². The van der Waals surface area contributed by atoms with Gasteiger partial charge in [0.05, 0.1) is 5.25 Å². The van der Waals surface area contributed by atoms with Crippen molar-refractivity contribution in [2.75, 3.05) is 5.32 Å². The molecule has 0 fully saturated rings. The molecule has 0 saturated heterocycles. The lowest BCUT2D eigenvalue weighted by atomic mass is 10.3. The molecule has 6 nitrogen and oxygen atoms in total. The smallest absolute Gasteiger partial charge is 0.277 e. The van der Waals surface area contributed by atoms with Crippen LogP contribution in [-0.2, 0) is 4.79 Å². The normalized spacial score (nSPS) is 13.0. The molecule has 0 aliphatic heterocycles. The van der Waals surface area contributed by atoms with Gasteiger partial charge in [-0.1, -0.05) is 30.0 Å². The third-order valence-electron chi connectivity index (χ3n) is 3.65. The first-order chi connectivity index (χ1) is 13.4. The van der Waals surface area contributed by atoms with Crippen LogP contribution < -0.4 is 10.1 Å². The molecule has 146 valence electrons. The number of halogens is 2. The third-order valence-corrected chi connectivity index (χ3v) is 4.58. The minimum atomic E-state index is -0.671. The molecule has 0 unspecified atom stereocenters. The van der Waals surface area contributed by atoms with Crippen LogP contribution in [0.1, 0.15) is 25.8 Å². The summed E-state index contributed by atoms with van der Waals surface area (Å²) in [6, 6.07) is 11.6. The Labute approximate surface area is 164 Å². The summed E-state index contributed by atoms with van der Waals surface area (Å²) in [7, 11) is 0. The third kappa shape index (κ3) is 5.07. The first kappa shape index (κ1) is 19.8. The molecule has 0 bridgehead atoms. The maximum Gasteiger partial charge on any atom is 0.277 e. The van der Waals surface area contributed by atoms with Gasteiger partial charge < -0.3 is 14.5 Å². The molecule has 1 heterocycles. The summed E-state index contributed by atoms with van der Waals surface area (Å²) in [4.78, 5) is 12.2. The zero-order valence-corrected chi connectivity index (χ0v) is 15.9. The summed E-state index contributed by atoms with van der Waals surface area (Å²) in [5.41, 5.74) is 0.357. The predicted octanol–water partition coefficient (Wildman–Crippen LogP) is 4.61. The summed E-state index contributed by atoms with van der Waals surface area (Å²) in [6.45, 7) is 3.30. The standard InChI is InChI=1S/C19H17F2N3O3S/c1-11(26-16-9-4-3-8-15(16)21)18-23-24-19(27-18)28-12(2)17(25)22-14-7-5-6-13(20)10-14/h3-12H,1-2H3,(H,22,25)/t11-,12+/m1/s1. The molecule has 0 spiro atoms. The second kappa shape index (κ2) is 8.83. The highest BCUT2D eigenvalue weighted by Gasteiger charge is 2.21. The lowest BCUT2D eigenvalue weighted by molar-refractivity contribution is -0.115. The molecule has 1 aromatic heterocycles. The van der Waals surface area contributed by atoms with Crippen LogP contribution in [0.4, 0.5) is 14.5 Å². The number of benzene rings is 2. The maximum atomic E-state index is 13.7. The number of ether oxygens (including phenoxy) is 1. The van der Waals surface area contributed by atoms with Gasteiger partial charge in [-0.05, 0) is 44.2 Å². The van der Waals surface area contributed by atoms with Crippen molar-refractivity contribution in [2.45, 2.75) is 30.4 Å². The van der Waals surface area contributed by atoms with Crippen molar-refractivity contribution in [1.29, 1.82) is 0 Å². The van der Waals surface area contributed by atoms with Gasteiger partial charge in [0, 0.05) is 5.69 Å². The Morgan fingerprint density at radius 2 is 1.93 bits per heavy atom. The fraction of sp³-hybridized carbons (Fsp3) is 0.211. The summed E-state index contributed by atoms with van der Waals surface area (Å²) >= 11 is 1.05. The lowest BCUT2D eigenvalue weighted by Crippen LogP contribution is -2.22. The number of hydrogen-bond acceptors (Lipinski definition) is 6. The van der Waals surface area contributed by atoms with Crippen LogP contribution in [0.15, 0.2) is 58.2 Å². The molecule has 3 rings (SSSR count). The Kier molecular flexibility index (Phi) is 6.25. The topological polar surface area (TPSA) is 77.2 Å². The van der Waals surface area contributed by atoms with Gasteiger partial charge in [-0.25, -0.2) is 8.78 Å². The summed E-state index contributed by atoms with van der Waals surface area (Å²) in [6.07, 6.45) is -0.671. The molecule has 0 aliphatic carbocycles. The first-order valence-corrected chi connectivity index (χ1v) is 9.28. The van der Waals surface area contributed by atoms with E-state index in [0.717, 1.165) is 11.8 Å². The van der Waals surface area contributed by atoms with E-state index >= 15 is 0 Å². The van der Waals surface area contributed by atoms with Crippen LogP contribution in [0, 0.1) is 11.6 Å². The van der Waals surface area contributed by atoms with Crippen molar-refractivity contribution < 1.29 is 22.7 Å². The number of para-hydroxylation sites is 1. The van der Waals surface area contributed by atoms with E-state index in [0.29, 0.717) is 5.69 Å². The van der Waals surface area contributed by atoms with Crippen LogP contribution in [-0.4, -0.2) is 21.4 Å². The van der Waals surface area contributed by atoms with E-state index in [-0.39, 0.29) is 22.8 Å². The second-order valence-corrected chi connectivity index (χ2v) is 7.15. The fourth-order valence-electron chi connectivity index (χ4n) is 2.23. The van der Waals surface area contributed by atoms with Crippen LogP contribution in [0.5, 0.6) is 5.75 Å². The molecule has 28 heavy (non-hydrogen) atoms. The van der Waals surface area contributed by atoms with Crippen molar-refractivity contribution in [3.63, 3.8) is 0 Å². The average Bonchev–Trinajstić information content (AvgIpc) is 3.12. The molecular weight excluding hydrogens is 388 g/mol. The number of rotatable bonds is 7. The van der Waals surface area contributed by atoms with Crippen LogP contribution in [0.2, 0.25) is 0 Å². The summed E-state index contributed by atoms with van der Waals surface area (Å²) < 4.78 is 37.9. The maximum absolute atomic E-state index is 13.7. The van der Waals surface area contributed by atoms with Crippen molar-refractivity contribution >= 4 is 23.4 Å². The van der Waals surface area contributed by atoms with Gasteiger partial charge in [0.2, 0.25) is 5.91 Å². The molecule has 9 heteroatoms. The Hall–Kier alpha value is -2.94. The number of nitrogens with one attached hydrogen (secondary N) is 1. The Morgan fingerprint density at radius 1 is 1.14 bits per heavy atom. The zero-order chi connectivity index (χ0) is 20.1. The Morgan fingerprint density at radius 3 is 2.68 bits per heavy atom. The van der Waals surface area contributed by atoms with E-state index in [1.165, 1.54) is 30.3 Å². The molecule has 0 saturated carbocycles. The number of aromatic nitrogens is 2. The number of nitrogens with zero attached hydrogens (tertiary/aromatic N) is 2. The van der Waals surface area contributed by atoms with Crippen molar-refractivity contribution in [3.8, 4) is 5.75 Å². The van der Waals surface area contributed by atoms with Crippen molar-refractivity contribution in [2.24, 2.45) is 0 Å². The highest BCUT2D eigenvalue weighted by molar-refractivity contribution is 8.00. The van der Waals surface area contributed by atoms with E-state index < -0.39 is 23.0 Å². The highest BCUT2D eigenvalue weighted by Crippen LogP contribution is 2.27. The van der Waals surface area contributed by atoms with E-state index in [1.807, 2.05) is 0 Å². The quantitative estimate of drug-likeness (QED) is 0.579. The van der Waals surface area contributed by atoms with Gasteiger partial charge in [-0.3, -0.25) is 4.79 Å². The van der Waals surface area contributed by atoms with Crippen LogP contribution in [0.3, 0.4) is 0 Å². The Bertz CT molecular complexity index is 967. The SMILES string of the molecule is C[C@H](Sc1nnc([C@@H](C)Oc2ccccc2F)o1)C(=O)Nc1cccc(F)c1.